The Morgan fingerprint density at radius 1 is 1.55 bits per heavy atom. The van der Waals surface area contributed by atoms with Crippen molar-refractivity contribution in [2.24, 2.45) is 0 Å². The zero-order chi connectivity index (χ0) is 14.9. The summed E-state index contributed by atoms with van der Waals surface area (Å²) in [6, 6.07) is 0.233. The number of Topliss-reactive ketones (excluding diaryl/α,β-unsaturated/α-hetero) is 1. The molecule has 0 spiro atoms. The summed E-state index contributed by atoms with van der Waals surface area (Å²) >= 11 is 0. The number of piperidine rings is 1. The fourth-order valence-corrected chi connectivity index (χ4v) is 2.18. The summed E-state index contributed by atoms with van der Waals surface area (Å²) in [5, 5.41) is 6.26. The average molecular weight is 293 g/mol. The number of hydrogen-bond acceptors (Lipinski definition) is 3. The molecule has 1 saturated heterocycles. The van der Waals surface area contributed by atoms with Crippen LogP contribution < -0.4 is 5.32 Å². The smallest absolute Gasteiger partial charge is 0.307 e. The molecule has 1 aliphatic rings. The molecule has 1 fully saturated rings. The van der Waals surface area contributed by atoms with Crippen molar-refractivity contribution in [1.82, 2.24) is 15.1 Å². The maximum Gasteiger partial charge on any atom is 0.435 e. The highest BCUT2D eigenvalue weighted by molar-refractivity contribution is 5.84. The summed E-state index contributed by atoms with van der Waals surface area (Å²) in [4.78, 5) is 12.0. The quantitative estimate of drug-likeness (QED) is 0.865. The molecular weight excluding hydrogens is 278 g/mol. The number of rotatable bonds is 3. The van der Waals surface area contributed by atoms with E-state index in [0.29, 0.717) is 13.0 Å². The van der Waals surface area contributed by atoms with Crippen LogP contribution in [0.15, 0.2) is 6.07 Å². The van der Waals surface area contributed by atoms with Gasteiger partial charge >= 0.3 is 6.18 Å². The third kappa shape index (κ3) is 3.36. The molecule has 2 heterocycles. The lowest BCUT2D eigenvalue weighted by Gasteiger charge is -2.25. The molecule has 2 atom stereocenters. The van der Waals surface area contributed by atoms with Crippen LogP contribution >= 0.6 is 0 Å². The van der Waals surface area contributed by atoms with Crippen LogP contribution in [-0.2, 0) is 17.5 Å². The Balaban J connectivity index is 2.06. The minimum Gasteiger partial charge on any atom is -0.307 e. The minimum atomic E-state index is -4.54. The number of carbonyl (C=O) groups excluding carboxylic acids is 1. The predicted molar refractivity (Wildman–Crippen MR) is 62.9 cm³/mol. The number of ketones is 1. The monoisotopic (exact) mass is 293 g/mol. The fourth-order valence-electron chi connectivity index (χ4n) is 2.18. The lowest BCUT2D eigenvalue weighted by Crippen LogP contribution is -2.45. The lowest BCUT2D eigenvalue weighted by molar-refractivity contribution is -0.141. The Morgan fingerprint density at radius 3 is 2.80 bits per heavy atom. The van der Waals surface area contributed by atoms with Gasteiger partial charge in [-0.2, -0.15) is 18.3 Å². The van der Waals surface area contributed by atoms with E-state index in [1.165, 1.54) is 6.92 Å². The van der Waals surface area contributed by atoms with Crippen molar-refractivity contribution in [3.63, 3.8) is 0 Å². The van der Waals surface area contributed by atoms with Gasteiger partial charge in [-0.1, -0.05) is 0 Å². The molecule has 1 N–H and O–H groups in total. The van der Waals surface area contributed by atoms with Crippen molar-refractivity contribution in [2.45, 2.75) is 44.7 Å². The first kappa shape index (κ1) is 15.0. The SMILES string of the molecule is Cc1cc(C(F)(F)F)nn1CC(=O)C1CC(F)CCN1. The molecule has 0 saturated carbocycles. The molecule has 20 heavy (non-hydrogen) atoms. The summed E-state index contributed by atoms with van der Waals surface area (Å²) in [6.45, 7) is 1.55. The van der Waals surface area contributed by atoms with Gasteiger partial charge in [-0.15, -0.1) is 0 Å². The third-order valence-corrected chi connectivity index (χ3v) is 3.31. The predicted octanol–water partition coefficient (Wildman–Crippen LogP) is 1.87. The van der Waals surface area contributed by atoms with Gasteiger partial charge in [0.15, 0.2) is 11.5 Å². The van der Waals surface area contributed by atoms with Crippen LogP contribution in [0.5, 0.6) is 0 Å². The molecular formula is C12H15F4N3O. The topological polar surface area (TPSA) is 46.9 Å². The molecule has 0 aliphatic carbocycles. The van der Waals surface area contributed by atoms with Gasteiger partial charge in [0.25, 0.3) is 0 Å². The van der Waals surface area contributed by atoms with Crippen molar-refractivity contribution >= 4 is 5.78 Å². The van der Waals surface area contributed by atoms with Gasteiger partial charge in [0.1, 0.15) is 12.7 Å². The Morgan fingerprint density at radius 2 is 2.25 bits per heavy atom. The number of hydrogen-bond donors (Lipinski definition) is 1. The summed E-state index contributed by atoms with van der Waals surface area (Å²) in [5.74, 6) is -0.354. The molecule has 2 unspecified atom stereocenters. The van der Waals surface area contributed by atoms with Gasteiger partial charge in [-0.25, -0.2) is 4.39 Å². The molecule has 2 rings (SSSR count). The van der Waals surface area contributed by atoms with Gasteiger partial charge in [-0.05, 0) is 26.0 Å². The average Bonchev–Trinajstić information content (AvgIpc) is 2.71. The number of aryl methyl sites for hydroxylation is 1. The van der Waals surface area contributed by atoms with E-state index in [0.717, 1.165) is 10.7 Å². The van der Waals surface area contributed by atoms with Crippen LogP contribution in [0.2, 0.25) is 0 Å². The van der Waals surface area contributed by atoms with E-state index in [2.05, 4.69) is 10.4 Å². The van der Waals surface area contributed by atoms with Gasteiger partial charge in [0.2, 0.25) is 0 Å². The van der Waals surface area contributed by atoms with Crippen LogP contribution in [0, 0.1) is 6.92 Å². The van der Waals surface area contributed by atoms with Crippen molar-refractivity contribution in [1.29, 1.82) is 0 Å². The minimum absolute atomic E-state index is 0.0608. The number of nitrogens with zero attached hydrogens (tertiary/aromatic N) is 2. The van der Waals surface area contributed by atoms with E-state index in [1.54, 1.807) is 0 Å². The first-order chi connectivity index (χ1) is 9.27. The number of halogens is 4. The third-order valence-electron chi connectivity index (χ3n) is 3.31. The second kappa shape index (κ2) is 5.51. The summed E-state index contributed by atoms with van der Waals surface area (Å²) in [5.41, 5.74) is -0.777. The van der Waals surface area contributed by atoms with Crippen LogP contribution in [-0.4, -0.2) is 34.3 Å². The van der Waals surface area contributed by atoms with E-state index < -0.39 is 24.1 Å². The van der Waals surface area contributed by atoms with Crippen molar-refractivity contribution in [3.05, 3.63) is 17.5 Å². The van der Waals surface area contributed by atoms with Crippen LogP contribution in [0.3, 0.4) is 0 Å². The van der Waals surface area contributed by atoms with Gasteiger partial charge in [0, 0.05) is 12.1 Å². The largest absolute Gasteiger partial charge is 0.435 e. The van der Waals surface area contributed by atoms with E-state index in [4.69, 9.17) is 0 Å². The first-order valence-corrected chi connectivity index (χ1v) is 6.29. The standard InChI is InChI=1S/C12H15F4N3O/c1-7-4-11(12(14,15)16)18-19(7)6-10(20)9-5-8(13)2-3-17-9/h4,8-9,17H,2-3,5-6H2,1H3. The highest BCUT2D eigenvalue weighted by Crippen LogP contribution is 2.28. The second-order valence-corrected chi connectivity index (χ2v) is 4.92. The maximum absolute atomic E-state index is 13.2. The molecule has 1 aliphatic heterocycles. The van der Waals surface area contributed by atoms with Crippen LogP contribution in [0.4, 0.5) is 17.6 Å². The zero-order valence-electron chi connectivity index (χ0n) is 10.9. The maximum atomic E-state index is 13.2. The Labute approximate surface area is 113 Å². The Bertz CT molecular complexity index is 497. The molecule has 0 bridgehead atoms. The first-order valence-electron chi connectivity index (χ1n) is 6.29. The van der Waals surface area contributed by atoms with E-state index >= 15 is 0 Å². The number of aromatic nitrogens is 2. The van der Waals surface area contributed by atoms with Crippen LogP contribution in [0.1, 0.15) is 24.2 Å². The molecule has 1 aromatic heterocycles. The molecule has 4 nitrogen and oxygen atoms in total. The summed E-state index contributed by atoms with van der Waals surface area (Å²) in [6.07, 6.45) is -5.17. The van der Waals surface area contributed by atoms with E-state index in [9.17, 15) is 22.4 Å². The Hall–Kier alpha value is -1.44. The van der Waals surface area contributed by atoms with Crippen molar-refractivity contribution in [2.75, 3.05) is 6.54 Å². The highest BCUT2D eigenvalue weighted by atomic mass is 19.4. The van der Waals surface area contributed by atoms with Crippen molar-refractivity contribution in [3.8, 4) is 0 Å². The van der Waals surface area contributed by atoms with Gasteiger partial charge < -0.3 is 5.32 Å². The number of nitrogens with one attached hydrogen (secondary N) is 1. The normalized spacial score (nSPS) is 23.9. The number of alkyl halides is 4. The molecule has 112 valence electrons. The number of carbonyl (C=O) groups is 1. The van der Waals surface area contributed by atoms with E-state index in [-0.39, 0.29) is 24.4 Å². The second-order valence-electron chi connectivity index (χ2n) is 4.92. The molecule has 0 aromatic carbocycles. The van der Waals surface area contributed by atoms with E-state index in [1.807, 2.05) is 0 Å². The summed E-state index contributed by atoms with van der Waals surface area (Å²) in [7, 11) is 0. The molecule has 0 amide bonds. The zero-order valence-corrected chi connectivity index (χ0v) is 10.9. The van der Waals surface area contributed by atoms with Crippen molar-refractivity contribution < 1.29 is 22.4 Å². The molecule has 1 aromatic rings. The fraction of sp³-hybridized carbons (Fsp3) is 0.667. The molecule has 0 radical (unpaired) electrons. The van der Waals surface area contributed by atoms with Gasteiger partial charge in [0.05, 0.1) is 6.04 Å². The highest BCUT2D eigenvalue weighted by Gasteiger charge is 2.35. The lowest BCUT2D eigenvalue weighted by atomic mass is 9.99. The van der Waals surface area contributed by atoms with Gasteiger partial charge in [-0.3, -0.25) is 9.48 Å². The summed E-state index contributed by atoms with van der Waals surface area (Å²) < 4.78 is 51.7. The Kier molecular flexibility index (Phi) is 4.12. The van der Waals surface area contributed by atoms with Crippen LogP contribution in [0.25, 0.3) is 0 Å². The molecule has 8 heteroatoms.